The van der Waals surface area contributed by atoms with Gasteiger partial charge in [0.1, 0.15) is 0 Å². The van der Waals surface area contributed by atoms with Gasteiger partial charge < -0.3 is 15.8 Å². The number of rotatable bonds is 5. The molecule has 0 aliphatic heterocycles. The van der Waals surface area contributed by atoms with Crippen LogP contribution < -0.4 is 15.8 Å². The zero-order chi connectivity index (χ0) is 18.8. The minimum absolute atomic E-state index is 0.144. The zero-order valence-electron chi connectivity index (χ0n) is 14.2. The molecule has 3 rings (SSSR count). The number of hydrogen-bond donors (Lipinski definition) is 2. The molecule has 0 spiro atoms. The summed E-state index contributed by atoms with van der Waals surface area (Å²) in [6.07, 6.45) is 3.39. The summed E-state index contributed by atoms with van der Waals surface area (Å²) in [4.78, 5) is 11.8. The van der Waals surface area contributed by atoms with Crippen LogP contribution in [-0.4, -0.2) is 12.0 Å². The van der Waals surface area contributed by atoms with Gasteiger partial charge in [0.25, 0.3) is 5.91 Å². The van der Waals surface area contributed by atoms with E-state index < -0.39 is 17.5 Å². The fourth-order valence-electron chi connectivity index (χ4n) is 3.09. The molecule has 0 heterocycles. The lowest BCUT2D eigenvalue weighted by atomic mass is 10.1. The molecule has 0 aromatic heterocycles. The number of nitrogens with one attached hydrogen (secondary N) is 1. The molecular weight excluding hydrogens is 453 g/mol. The Balaban J connectivity index is 2.00. The topological polar surface area (TPSA) is 64.3 Å². The third kappa shape index (κ3) is 3.92. The molecule has 7 heteroatoms. The van der Waals surface area contributed by atoms with Gasteiger partial charge in [0.05, 0.1) is 17.4 Å². The number of anilines is 2. The first-order chi connectivity index (χ1) is 12.4. The number of primary amides is 1. The molecule has 0 saturated heterocycles. The SMILES string of the molecule is Cc1cc(I)ccc1Nc1c(C(N)=O)cc(OC2CCCC2)c(F)c1F. The Hall–Kier alpha value is -1.90. The van der Waals surface area contributed by atoms with E-state index in [0.29, 0.717) is 5.69 Å². The molecule has 1 saturated carbocycles. The predicted molar refractivity (Wildman–Crippen MR) is 105 cm³/mol. The molecular formula is C19H19F2IN2O2. The van der Waals surface area contributed by atoms with Crippen molar-refractivity contribution in [2.75, 3.05) is 5.32 Å². The highest BCUT2D eigenvalue weighted by atomic mass is 127. The van der Waals surface area contributed by atoms with Gasteiger partial charge in [-0.2, -0.15) is 4.39 Å². The molecule has 3 N–H and O–H groups in total. The van der Waals surface area contributed by atoms with Gasteiger partial charge in [-0.1, -0.05) is 0 Å². The van der Waals surface area contributed by atoms with Crippen molar-refractivity contribution in [2.45, 2.75) is 38.7 Å². The van der Waals surface area contributed by atoms with E-state index in [0.717, 1.165) is 34.8 Å². The minimum atomic E-state index is -1.17. The van der Waals surface area contributed by atoms with E-state index in [1.165, 1.54) is 6.07 Å². The number of benzene rings is 2. The van der Waals surface area contributed by atoms with Crippen LogP contribution in [0.15, 0.2) is 24.3 Å². The highest BCUT2D eigenvalue weighted by Crippen LogP contribution is 2.35. The molecule has 2 aromatic carbocycles. The van der Waals surface area contributed by atoms with Crippen LogP contribution in [0.25, 0.3) is 0 Å². The summed E-state index contributed by atoms with van der Waals surface area (Å²) in [7, 11) is 0. The largest absolute Gasteiger partial charge is 0.487 e. The molecule has 2 aromatic rings. The Morgan fingerprint density at radius 2 is 1.92 bits per heavy atom. The second-order valence-corrected chi connectivity index (χ2v) is 7.64. The molecule has 1 aliphatic carbocycles. The van der Waals surface area contributed by atoms with Gasteiger partial charge in [-0.3, -0.25) is 4.79 Å². The van der Waals surface area contributed by atoms with Crippen molar-refractivity contribution < 1.29 is 18.3 Å². The smallest absolute Gasteiger partial charge is 0.251 e. The van der Waals surface area contributed by atoms with Gasteiger partial charge in [-0.15, -0.1) is 0 Å². The Kier molecular flexibility index (Phi) is 5.64. The van der Waals surface area contributed by atoms with E-state index >= 15 is 0 Å². The Morgan fingerprint density at radius 3 is 2.54 bits per heavy atom. The van der Waals surface area contributed by atoms with Crippen molar-refractivity contribution in [3.05, 3.63) is 50.6 Å². The van der Waals surface area contributed by atoms with Crippen LogP contribution in [0.2, 0.25) is 0 Å². The van der Waals surface area contributed by atoms with E-state index in [-0.39, 0.29) is 23.1 Å². The first kappa shape index (κ1) is 18.9. The summed E-state index contributed by atoms with van der Waals surface area (Å²) < 4.78 is 35.8. The van der Waals surface area contributed by atoms with Crippen LogP contribution in [0.1, 0.15) is 41.6 Å². The van der Waals surface area contributed by atoms with Gasteiger partial charge in [-0.05, 0) is 85.0 Å². The van der Waals surface area contributed by atoms with Crippen molar-refractivity contribution in [1.29, 1.82) is 0 Å². The van der Waals surface area contributed by atoms with Crippen molar-refractivity contribution in [3.63, 3.8) is 0 Å². The number of ether oxygens (including phenoxy) is 1. The molecule has 1 aliphatic rings. The second-order valence-electron chi connectivity index (χ2n) is 6.40. The Labute approximate surface area is 164 Å². The van der Waals surface area contributed by atoms with Gasteiger partial charge in [0, 0.05) is 9.26 Å². The first-order valence-corrected chi connectivity index (χ1v) is 9.46. The minimum Gasteiger partial charge on any atom is -0.487 e. The van der Waals surface area contributed by atoms with Gasteiger partial charge >= 0.3 is 0 Å². The normalized spacial score (nSPS) is 14.5. The molecule has 138 valence electrons. The van der Waals surface area contributed by atoms with Crippen LogP contribution in [0.4, 0.5) is 20.2 Å². The standard InChI is InChI=1S/C19H19F2IN2O2/c1-10-8-11(22)6-7-14(10)24-18-13(19(23)25)9-15(16(20)17(18)21)26-12-4-2-3-5-12/h6-9,12,24H,2-5H2,1H3,(H2,23,25). The van der Waals surface area contributed by atoms with Crippen LogP contribution in [0.3, 0.4) is 0 Å². The van der Waals surface area contributed by atoms with Crippen LogP contribution in [-0.2, 0) is 0 Å². The summed E-state index contributed by atoms with van der Waals surface area (Å²) in [6, 6.07) is 6.63. The summed E-state index contributed by atoms with van der Waals surface area (Å²) >= 11 is 2.16. The number of aryl methyl sites for hydroxylation is 1. The van der Waals surface area contributed by atoms with E-state index in [9.17, 15) is 13.6 Å². The maximum atomic E-state index is 14.7. The van der Waals surface area contributed by atoms with Crippen LogP contribution >= 0.6 is 22.6 Å². The van der Waals surface area contributed by atoms with Gasteiger partial charge in [-0.25, -0.2) is 4.39 Å². The van der Waals surface area contributed by atoms with E-state index in [2.05, 4.69) is 27.9 Å². The monoisotopic (exact) mass is 472 g/mol. The predicted octanol–water partition coefficient (Wildman–Crippen LogP) is 5.04. The lowest BCUT2D eigenvalue weighted by Crippen LogP contribution is -2.18. The average Bonchev–Trinajstić information content (AvgIpc) is 3.09. The molecule has 4 nitrogen and oxygen atoms in total. The fraction of sp³-hybridized carbons (Fsp3) is 0.316. The molecule has 26 heavy (non-hydrogen) atoms. The van der Waals surface area contributed by atoms with Crippen molar-refractivity contribution in [1.82, 2.24) is 0 Å². The van der Waals surface area contributed by atoms with E-state index in [1.807, 2.05) is 19.1 Å². The molecule has 1 fully saturated rings. The maximum Gasteiger partial charge on any atom is 0.251 e. The molecule has 1 amide bonds. The number of hydrogen-bond acceptors (Lipinski definition) is 3. The Bertz CT molecular complexity index is 852. The number of halogens is 3. The number of carbonyl (C=O) groups excluding carboxylic acids is 1. The molecule has 0 unspecified atom stereocenters. The third-order valence-electron chi connectivity index (χ3n) is 4.48. The summed E-state index contributed by atoms with van der Waals surface area (Å²) in [5, 5.41) is 2.80. The number of nitrogens with two attached hydrogens (primary N) is 1. The highest BCUT2D eigenvalue weighted by Gasteiger charge is 2.25. The molecule has 0 atom stereocenters. The van der Waals surface area contributed by atoms with Crippen LogP contribution in [0, 0.1) is 22.1 Å². The first-order valence-electron chi connectivity index (χ1n) is 8.38. The quantitative estimate of drug-likeness (QED) is 0.600. The van der Waals surface area contributed by atoms with Gasteiger partial charge in [0.15, 0.2) is 11.6 Å². The lowest BCUT2D eigenvalue weighted by Gasteiger charge is -2.18. The Morgan fingerprint density at radius 1 is 1.23 bits per heavy atom. The second kappa shape index (κ2) is 7.77. The summed E-state index contributed by atoms with van der Waals surface area (Å²) in [5.41, 5.74) is 6.38. The zero-order valence-corrected chi connectivity index (χ0v) is 16.4. The summed E-state index contributed by atoms with van der Waals surface area (Å²) in [6.45, 7) is 1.83. The lowest BCUT2D eigenvalue weighted by molar-refractivity contribution is 0.0999. The fourth-order valence-corrected chi connectivity index (χ4v) is 3.74. The molecule has 0 bridgehead atoms. The van der Waals surface area contributed by atoms with Crippen LogP contribution in [0.5, 0.6) is 5.75 Å². The van der Waals surface area contributed by atoms with Gasteiger partial charge in [0.2, 0.25) is 5.82 Å². The number of amides is 1. The molecule has 0 radical (unpaired) electrons. The summed E-state index contributed by atoms with van der Waals surface area (Å²) in [5.74, 6) is -3.42. The van der Waals surface area contributed by atoms with Crippen molar-refractivity contribution >= 4 is 39.9 Å². The van der Waals surface area contributed by atoms with Crippen molar-refractivity contribution in [2.24, 2.45) is 5.73 Å². The van der Waals surface area contributed by atoms with Crippen molar-refractivity contribution in [3.8, 4) is 5.75 Å². The average molecular weight is 472 g/mol. The van der Waals surface area contributed by atoms with E-state index in [4.69, 9.17) is 10.5 Å². The number of carbonyl (C=O) groups is 1. The third-order valence-corrected chi connectivity index (χ3v) is 5.15. The maximum absolute atomic E-state index is 14.7. The van der Waals surface area contributed by atoms with E-state index in [1.54, 1.807) is 6.07 Å². The highest BCUT2D eigenvalue weighted by molar-refractivity contribution is 14.1.